The summed E-state index contributed by atoms with van der Waals surface area (Å²) in [6.45, 7) is 0.0701. The topological polar surface area (TPSA) is 69.7 Å². The monoisotopic (exact) mass is 413 g/mol. The van der Waals surface area contributed by atoms with Crippen LogP contribution in [0.25, 0.3) is 0 Å². The smallest absolute Gasteiger partial charge is 0.325 e. The molecule has 1 aliphatic heterocycles. The normalized spacial score (nSPS) is 15.0. The molecular formula is C25H23N3O3. The Hall–Kier alpha value is -3.93. The van der Waals surface area contributed by atoms with Gasteiger partial charge in [-0.25, -0.2) is 4.79 Å². The first-order chi connectivity index (χ1) is 14.9. The Kier molecular flexibility index (Phi) is 5.29. The first-order valence-electron chi connectivity index (χ1n) is 9.99. The standard InChI is InChI=1S/C25H23N3O3/c1-27(2)22(29)19-11-9-10-18(16-19)17-28-23(30)25(26-24(28)31,20-12-5-3-6-13-20)21-14-7-4-8-15-21/h3-16H,17H2,1-2H3,(H,26,31). The second-order valence-electron chi connectivity index (χ2n) is 7.70. The van der Waals surface area contributed by atoms with Crippen molar-refractivity contribution in [2.75, 3.05) is 14.1 Å². The molecule has 0 spiro atoms. The fourth-order valence-corrected chi connectivity index (χ4v) is 3.90. The van der Waals surface area contributed by atoms with Crippen LogP contribution in [0.15, 0.2) is 84.9 Å². The maximum Gasteiger partial charge on any atom is 0.325 e. The first kappa shape index (κ1) is 20.3. The number of imide groups is 1. The maximum atomic E-state index is 13.7. The number of nitrogens with one attached hydrogen (secondary N) is 1. The minimum Gasteiger partial charge on any atom is -0.345 e. The van der Waals surface area contributed by atoms with Crippen LogP contribution in [0.2, 0.25) is 0 Å². The van der Waals surface area contributed by atoms with Crippen molar-refractivity contribution in [2.24, 2.45) is 0 Å². The fourth-order valence-electron chi connectivity index (χ4n) is 3.90. The highest BCUT2D eigenvalue weighted by Crippen LogP contribution is 2.36. The number of hydrogen-bond donors (Lipinski definition) is 1. The van der Waals surface area contributed by atoms with Gasteiger partial charge in [-0.3, -0.25) is 14.5 Å². The van der Waals surface area contributed by atoms with Crippen LogP contribution in [0, 0.1) is 0 Å². The van der Waals surface area contributed by atoms with Gasteiger partial charge in [-0.15, -0.1) is 0 Å². The van der Waals surface area contributed by atoms with E-state index in [2.05, 4.69) is 5.32 Å². The number of amides is 4. The second-order valence-corrected chi connectivity index (χ2v) is 7.70. The number of urea groups is 1. The van der Waals surface area contributed by atoms with Crippen molar-refractivity contribution in [3.05, 3.63) is 107 Å². The van der Waals surface area contributed by atoms with Gasteiger partial charge in [0.05, 0.1) is 6.54 Å². The predicted octanol–water partition coefficient (Wildman–Crippen LogP) is 3.38. The van der Waals surface area contributed by atoms with Crippen LogP contribution in [0.1, 0.15) is 27.0 Å². The van der Waals surface area contributed by atoms with E-state index in [1.807, 2.05) is 60.7 Å². The van der Waals surface area contributed by atoms with Crippen molar-refractivity contribution < 1.29 is 14.4 Å². The highest BCUT2D eigenvalue weighted by molar-refractivity contribution is 6.09. The zero-order valence-corrected chi connectivity index (χ0v) is 17.4. The molecule has 4 amide bonds. The van der Waals surface area contributed by atoms with Crippen molar-refractivity contribution in [3.8, 4) is 0 Å². The van der Waals surface area contributed by atoms with E-state index < -0.39 is 11.6 Å². The molecule has 3 aromatic rings. The number of benzene rings is 3. The van der Waals surface area contributed by atoms with Gasteiger partial charge in [-0.05, 0) is 28.8 Å². The van der Waals surface area contributed by atoms with Crippen molar-refractivity contribution in [3.63, 3.8) is 0 Å². The average Bonchev–Trinajstić information content (AvgIpc) is 3.05. The SMILES string of the molecule is CN(C)C(=O)c1cccc(CN2C(=O)NC(c3ccccc3)(c3ccccc3)C2=O)c1. The van der Waals surface area contributed by atoms with Gasteiger partial charge >= 0.3 is 6.03 Å². The molecule has 0 bridgehead atoms. The molecule has 3 aromatic carbocycles. The van der Waals surface area contributed by atoms with Crippen LogP contribution in [0.5, 0.6) is 0 Å². The number of carbonyl (C=O) groups excluding carboxylic acids is 3. The Labute approximate surface area is 181 Å². The van der Waals surface area contributed by atoms with Crippen molar-refractivity contribution >= 4 is 17.8 Å². The van der Waals surface area contributed by atoms with E-state index in [-0.39, 0.29) is 18.4 Å². The first-order valence-corrected chi connectivity index (χ1v) is 9.99. The van der Waals surface area contributed by atoms with E-state index in [9.17, 15) is 14.4 Å². The van der Waals surface area contributed by atoms with Gasteiger partial charge in [0, 0.05) is 19.7 Å². The molecule has 0 saturated carbocycles. The highest BCUT2D eigenvalue weighted by Gasteiger charge is 2.53. The lowest BCUT2D eigenvalue weighted by atomic mass is 9.82. The molecule has 1 saturated heterocycles. The van der Waals surface area contributed by atoms with E-state index in [0.29, 0.717) is 22.3 Å². The molecular weight excluding hydrogens is 390 g/mol. The third-order valence-corrected chi connectivity index (χ3v) is 5.44. The highest BCUT2D eigenvalue weighted by atomic mass is 16.2. The third-order valence-electron chi connectivity index (χ3n) is 5.44. The molecule has 0 unspecified atom stereocenters. The number of rotatable bonds is 5. The molecule has 0 aromatic heterocycles. The summed E-state index contributed by atoms with van der Waals surface area (Å²) >= 11 is 0. The van der Waals surface area contributed by atoms with Gasteiger partial charge in [0.2, 0.25) is 0 Å². The molecule has 0 atom stereocenters. The molecule has 1 N–H and O–H groups in total. The molecule has 6 nitrogen and oxygen atoms in total. The van der Waals surface area contributed by atoms with Crippen molar-refractivity contribution in [1.82, 2.24) is 15.1 Å². The largest absolute Gasteiger partial charge is 0.345 e. The van der Waals surface area contributed by atoms with Gasteiger partial charge in [0.1, 0.15) is 0 Å². The Morgan fingerprint density at radius 3 is 2.00 bits per heavy atom. The van der Waals surface area contributed by atoms with E-state index in [1.165, 1.54) is 9.80 Å². The summed E-state index contributed by atoms with van der Waals surface area (Å²) in [6.07, 6.45) is 0. The third kappa shape index (κ3) is 3.57. The lowest BCUT2D eigenvalue weighted by molar-refractivity contribution is -0.130. The zero-order chi connectivity index (χ0) is 22.0. The minimum atomic E-state index is -1.29. The minimum absolute atomic E-state index is 0.0701. The Balaban J connectivity index is 1.72. The Morgan fingerprint density at radius 1 is 0.871 bits per heavy atom. The summed E-state index contributed by atoms with van der Waals surface area (Å²) in [4.78, 5) is 41.7. The van der Waals surface area contributed by atoms with Crippen LogP contribution in [0.4, 0.5) is 4.79 Å². The summed E-state index contributed by atoms with van der Waals surface area (Å²) in [5.41, 5.74) is 1.30. The van der Waals surface area contributed by atoms with Crippen LogP contribution in [-0.4, -0.2) is 41.7 Å². The summed E-state index contributed by atoms with van der Waals surface area (Å²) in [5.74, 6) is -0.485. The number of hydrogen-bond acceptors (Lipinski definition) is 3. The summed E-state index contributed by atoms with van der Waals surface area (Å²) in [5, 5.41) is 2.94. The molecule has 1 aliphatic rings. The van der Waals surface area contributed by atoms with Crippen molar-refractivity contribution in [1.29, 1.82) is 0 Å². The van der Waals surface area contributed by atoms with E-state index in [4.69, 9.17) is 0 Å². The van der Waals surface area contributed by atoms with E-state index in [1.54, 1.807) is 38.4 Å². The van der Waals surface area contributed by atoms with Crippen LogP contribution in [0.3, 0.4) is 0 Å². The second kappa shape index (κ2) is 8.07. The van der Waals surface area contributed by atoms with Crippen LogP contribution >= 0.6 is 0 Å². The molecule has 0 radical (unpaired) electrons. The molecule has 4 rings (SSSR count). The van der Waals surface area contributed by atoms with Gasteiger partial charge in [0.25, 0.3) is 11.8 Å². The predicted molar refractivity (Wildman–Crippen MR) is 117 cm³/mol. The Bertz CT molecular complexity index is 1090. The number of carbonyl (C=O) groups is 3. The molecule has 156 valence electrons. The fraction of sp³-hybridized carbons (Fsp3) is 0.160. The molecule has 1 heterocycles. The van der Waals surface area contributed by atoms with Gasteiger partial charge in [0.15, 0.2) is 5.54 Å². The Morgan fingerprint density at radius 2 is 1.45 bits per heavy atom. The lowest BCUT2D eigenvalue weighted by Gasteiger charge is -2.28. The van der Waals surface area contributed by atoms with Crippen LogP contribution in [-0.2, 0) is 16.9 Å². The molecule has 1 fully saturated rings. The van der Waals surface area contributed by atoms with E-state index >= 15 is 0 Å². The summed E-state index contributed by atoms with van der Waals surface area (Å²) < 4.78 is 0. The summed E-state index contributed by atoms with van der Waals surface area (Å²) in [6, 6.07) is 25.0. The number of nitrogens with zero attached hydrogens (tertiary/aromatic N) is 2. The molecule has 0 aliphatic carbocycles. The average molecular weight is 413 g/mol. The van der Waals surface area contributed by atoms with Gasteiger partial charge in [-0.2, -0.15) is 0 Å². The molecule has 6 heteroatoms. The quantitative estimate of drug-likeness (QED) is 0.652. The van der Waals surface area contributed by atoms with Crippen molar-refractivity contribution in [2.45, 2.75) is 12.1 Å². The van der Waals surface area contributed by atoms with E-state index in [0.717, 1.165) is 0 Å². The molecule has 31 heavy (non-hydrogen) atoms. The van der Waals surface area contributed by atoms with Gasteiger partial charge in [-0.1, -0.05) is 72.8 Å². The lowest BCUT2D eigenvalue weighted by Crippen LogP contribution is -2.45. The van der Waals surface area contributed by atoms with Crippen LogP contribution < -0.4 is 5.32 Å². The summed E-state index contributed by atoms with van der Waals surface area (Å²) in [7, 11) is 3.36. The maximum absolute atomic E-state index is 13.7. The van der Waals surface area contributed by atoms with Gasteiger partial charge < -0.3 is 10.2 Å². The zero-order valence-electron chi connectivity index (χ0n) is 17.4.